The summed E-state index contributed by atoms with van der Waals surface area (Å²) < 4.78 is 39.6. The Hall–Kier alpha value is -4.13. The van der Waals surface area contributed by atoms with Crippen LogP contribution in [-0.2, 0) is 21.2 Å². The lowest BCUT2D eigenvalue weighted by atomic mass is 10.0. The number of anilines is 2. The molecule has 12 heteroatoms. The monoisotopic (exact) mass is 624 g/mol. The van der Waals surface area contributed by atoms with Gasteiger partial charge < -0.3 is 30.1 Å². The van der Waals surface area contributed by atoms with Crippen molar-refractivity contribution in [2.45, 2.75) is 44.2 Å². The Balaban J connectivity index is 1.60. The molecule has 3 amide bonds. The van der Waals surface area contributed by atoms with E-state index in [-0.39, 0.29) is 42.8 Å². The van der Waals surface area contributed by atoms with E-state index < -0.39 is 28.2 Å². The summed E-state index contributed by atoms with van der Waals surface area (Å²) >= 11 is 0. The van der Waals surface area contributed by atoms with Crippen molar-refractivity contribution in [2.75, 3.05) is 44.5 Å². The Morgan fingerprint density at radius 2 is 1.73 bits per heavy atom. The summed E-state index contributed by atoms with van der Waals surface area (Å²) in [4.78, 5) is 28.0. The molecule has 0 radical (unpaired) electrons. The summed E-state index contributed by atoms with van der Waals surface area (Å²) in [5.74, 6) is 0.567. The molecule has 3 N–H and O–H groups in total. The van der Waals surface area contributed by atoms with Crippen molar-refractivity contribution in [3.05, 3.63) is 77.9 Å². The molecule has 0 saturated heterocycles. The van der Waals surface area contributed by atoms with Crippen molar-refractivity contribution < 1.29 is 32.6 Å². The minimum atomic E-state index is -3.81. The van der Waals surface area contributed by atoms with E-state index in [1.165, 1.54) is 11.4 Å². The van der Waals surface area contributed by atoms with E-state index in [4.69, 9.17) is 9.47 Å². The van der Waals surface area contributed by atoms with Gasteiger partial charge in [-0.15, -0.1) is 0 Å². The first-order valence-corrected chi connectivity index (χ1v) is 15.8. The van der Waals surface area contributed by atoms with Crippen LogP contribution < -0.4 is 20.1 Å². The van der Waals surface area contributed by atoms with Crippen LogP contribution in [0.25, 0.3) is 0 Å². The summed E-state index contributed by atoms with van der Waals surface area (Å²) in [6, 6.07) is 17.6. The molecule has 44 heavy (non-hydrogen) atoms. The fraction of sp³-hybridized carbons (Fsp3) is 0.375. The highest BCUT2D eigenvalue weighted by Crippen LogP contribution is 2.30. The fourth-order valence-electron chi connectivity index (χ4n) is 4.93. The van der Waals surface area contributed by atoms with E-state index in [0.717, 1.165) is 5.56 Å². The van der Waals surface area contributed by atoms with Crippen LogP contribution in [0.4, 0.5) is 16.2 Å². The molecule has 3 atom stereocenters. The van der Waals surface area contributed by atoms with Crippen LogP contribution in [0.2, 0.25) is 0 Å². The van der Waals surface area contributed by atoms with E-state index in [2.05, 4.69) is 10.6 Å². The number of carbonyl (C=O) groups excluding carboxylic acids is 2. The number of methoxy groups -OCH3 is 1. The van der Waals surface area contributed by atoms with Crippen LogP contribution in [0.15, 0.2) is 71.6 Å². The lowest BCUT2D eigenvalue weighted by Crippen LogP contribution is -2.48. The van der Waals surface area contributed by atoms with Gasteiger partial charge in [-0.3, -0.25) is 4.79 Å². The van der Waals surface area contributed by atoms with Gasteiger partial charge in [0.15, 0.2) is 0 Å². The molecule has 0 spiro atoms. The molecule has 1 aliphatic rings. The highest BCUT2D eigenvalue weighted by Gasteiger charge is 2.33. The van der Waals surface area contributed by atoms with E-state index in [0.29, 0.717) is 28.4 Å². The van der Waals surface area contributed by atoms with Crippen LogP contribution >= 0.6 is 0 Å². The smallest absolute Gasteiger partial charge is 0.323 e. The van der Waals surface area contributed by atoms with Crippen LogP contribution in [0.5, 0.6) is 11.5 Å². The topological polar surface area (TPSA) is 138 Å². The molecule has 1 heterocycles. The van der Waals surface area contributed by atoms with Gasteiger partial charge in [0.1, 0.15) is 17.6 Å². The van der Waals surface area contributed by atoms with E-state index in [1.807, 2.05) is 13.8 Å². The standard InChI is InChI=1S/C32H40N4O7S/c1-21-6-13-28(14-7-21)44(40,41)35(4)19-30-22(2)18-36(23(3)20-37)31(38)17-24-16-26(10-15-29(24)43-30)34-32(39)33-25-8-11-27(42-5)12-9-25/h6-16,22-23,30,37H,17-20H2,1-5H3,(H2,33,34,39)/t22-,23+,30-/m0/s1. The van der Waals surface area contributed by atoms with Crippen molar-refractivity contribution in [2.24, 2.45) is 5.92 Å². The second kappa shape index (κ2) is 14.1. The number of sulfonamides is 1. The van der Waals surface area contributed by atoms with E-state index in [9.17, 15) is 23.1 Å². The van der Waals surface area contributed by atoms with Crippen LogP contribution in [0, 0.1) is 12.8 Å². The minimum Gasteiger partial charge on any atom is -0.497 e. The van der Waals surface area contributed by atoms with Crippen molar-refractivity contribution in [3.63, 3.8) is 0 Å². The first kappa shape index (κ1) is 32.8. The molecular formula is C32H40N4O7S. The molecule has 11 nitrogen and oxygen atoms in total. The van der Waals surface area contributed by atoms with Crippen LogP contribution in [0.3, 0.4) is 0 Å². The van der Waals surface area contributed by atoms with Gasteiger partial charge in [-0.25, -0.2) is 13.2 Å². The van der Waals surface area contributed by atoms with Gasteiger partial charge in [0.2, 0.25) is 15.9 Å². The number of hydrogen-bond donors (Lipinski definition) is 3. The maximum absolute atomic E-state index is 13.5. The highest BCUT2D eigenvalue weighted by molar-refractivity contribution is 7.89. The second-order valence-corrected chi connectivity index (χ2v) is 13.2. The van der Waals surface area contributed by atoms with Gasteiger partial charge in [0.25, 0.3) is 0 Å². The van der Waals surface area contributed by atoms with Gasteiger partial charge in [-0.2, -0.15) is 4.31 Å². The number of hydrogen-bond acceptors (Lipinski definition) is 7. The quantitative estimate of drug-likeness (QED) is 0.326. The number of aliphatic hydroxyl groups is 1. The number of urea groups is 1. The zero-order chi connectivity index (χ0) is 32.0. The Kier molecular flexibility index (Phi) is 10.5. The van der Waals surface area contributed by atoms with Crippen molar-refractivity contribution >= 4 is 33.3 Å². The average Bonchev–Trinajstić information content (AvgIpc) is 3.04. The SMILES string of the molecule is COc1ccc(NC(=O)Nc2ccc3c(c2)CC(=O)N([C@H](C)CO)C[C@H](C)[C@H](CN(C)S(=O)(=O)c2ccc(C)cc2)O3)cc1. The van der Waals surface area contributed by atoms with Crippen molar-refractivity contribution in [3.8, 4) is 11.5 Å². The molecule has 4 rings (SSSR count). The molecule has 0 aliphatic carbocycles. The number of aliphatic hydroxyl groups excluding tert-OH is 1. The number of benzene rings is 3. The lowest BCUT2D eigenvalue weighted by Gasteiger charge is -2.33. The average molecular weight is 625 g/mol. The fourth-order valence-corrected chi connectivity index (χ4v) is 6.12. The summed E-state index contributed by atoms with van der Waals surface area (Å²) in [7, 11) is -0.744. The number of ether oxygens (including phenoxy) is 2. The maximum atomic E-state index is 13.5. The maximum Gasteiger partial charge on any atom is 0.323 e. The highest BCUT2D eigenvalue weighted by atomic mass is 32.2. The second-order valence-electron chi connectivity index (χ2n) is 11.1. The van der Waals surface area contributed by atoms with E-state index in [1.54, 1.807) is 85.7 Å². The van der Waals surface area contributed by atoms with Gasteiger partial charge >= 0.3 is 6.03 Å². The molecule has 1 aliphatic heterocycles. The Morgan fingerprint density at radius 1 is 1.09 bits per heavy atom. The molecule has 3 aromatic carbocycles. The Morgan fingerprint density at radius 3 is 2.36 bits per heavy atom. The summed E-state index contributed by atoms with van der Waals surface area (Å²) in [5.41, 5.74) is 2.48. The molecule has 0 saturated carbocycles. The molecule has 236 valence electrons. The van der Waals surface area contributed by atoms with Gasteiger partial charge in [-0.1, -0.05) is 24.6 Å². The number of amides is 3. The number of likely N-dealkylation sites (N-methyl/N-ethyl adjacent to an activating group) is 1. The van der Waals surface area contributed by atoms with Gasteiger partial charge in [0.05, 0.1) is 37.6 Å². The minimum absolute atomic E-state index is 0.0244. The first-order chi connectivity index (χ1) is 20.9. The number of carbonyl (C=O) groups is 2. The van der Waals surface area contributed by atoms with Crippen LogP contribution in [-0.4, -0.2) is 80.7 Å². The van der Waals surface area contributed by atoms with Gasteiger partial charge in [-0.05, 0) is 68.4 Å². The summed E-state index contributed by atoms with van der Waals surface area (Å²) in [5, 5.41) is 15.4. The van der Waals surface area contributed by atoms with Crippen molar-refractivity contribution in [1.82, 2.24) is 9.21 Å². The normalized spacial score (nSPS) is 17.9. The largest absolute Gasteiger partial charge is 0.497 e. The molecule has 0 unspecified atom stereocenters. The number of rotatable bonds is 9. The number of nitrogens with zero attached hydrogens (tertiary/aromatic N) is 2. The third-order valence-corrected chi connectivity index (χ3v) is 9.53. The zero-order valence-electron chi connectivity index (χ0n) is 25.6. The number of aryl methyl sites for hydroxylation is 1. The third kappa shape index (κ3) is 7.87. The molecule has 3 aromatic rings. The van der Waals surface area contributed by atoms with Gasteiger partial charge in [0, 0.05) is 36.4 Å². The summed E-state index contributed by atoms with van der Waals surface area (Å²) in [6.07, 6.45) is -0.665. The summed E-state index contributed by atoms with van der Waals surface area (Å²) in [6.45, 7) is 5.59. The van der Waals surface area contributed by atoms with Crippen molar-refractivity contribution in [1.29, 1.82) is 0 Å². The predicted octanol–water partition coefficient (Wildman–Crippen LogP) is 4.12. The predicted molar refractivity (Wildman–Crippen MR) is 169 cm³/mol. The zero-order valence-corrected chi connectivity index (χ0v) is 26.4. The molecular weight excluding hydrogens is 584 g/mol. The number of nitrogens with one attached hydrogen (secondary N) is 2. The first-order valence-electron chi connectivity index (χ1n) is 14.4. The Bertz CT molecular complexity index is 1560. The number of fused-ring (bicyclic) bond motifs is 1. The lowest BCUT2D eigenvalue weighted by molar-refractivity contribution is -0.134. The molecule has 0 aromatic heterocycles. The third-order valence-electron chi connectivity index (χ3n) is 7.69. The Labute approximate surface area is 258 Å². The molecule has 0 fully saturated rings. The molecule has 0 bridgehead atoms. The van der Waals surface area contributed by atoms with E-state index >= 15 is 0 Å². The van der Waals surface area contributed by atoms with Crippen LogP contribution in [0.1, 0.15) is 25.0 Å².